The van der Waals surface area contributed by atoms with E-state index in [1.165, 1.54) is 0 Å². The van der Waals surface area contributed by atoms with Gasteiger partial charge in [0.25, 0.3) is 0 Å². The molecule has 0 amide bonds. The molecule has 0 saturated carbocycles. The molecule has 0 spiro atoms. The second-order valence-corrected chi connectivity index (χ2v) is 5.37. The molecule has 0 fully saturated rings. The standard InChI is InChI=1S/C11H13NO3S/c1-7-5-4-6-10-11(7)8(2)9(3)12(10)16(13,14)15/h4-6,8H,1-3H3/p+1. The Morgan fingerprint density at radius 2 is 1.94 bits per heavy atom. The lowest BCUT2D eigenvalue weighted by Crippen LogP contribution is -2.19. The first-order chi connectivity index (χ1) is 7.34. The summed E-state index contributed by atoms with van der Waals surface area (Å²) in [6.07, 6.45) is 0. The average molecular weight is 240 g/mol. The number of nitrogens with zero attached hydrogens (tertiary/aromatic N) is 1. The Balaban J connectivity index is 2.81. The van der Waals surface area contributed by atoms with Crippen molar-refractivity contribution in [2.45, 2.75) is 26.7 Å². The maximum absolute atomic E-state index is 11.3. The third-order valence-electron chi connectivity index (χ3n) is 3.13. The highest BCUT2D eigenvalue weighted by molar-refractivity contribution is 7.79. The van der Waals surface area contributed by atoms with E-state index in [4.69, 9.17) is 0 Å². The van der Waals surface area contributed by atoms with E-state index in [2.05, 4.69) is 0 Å². The monoisotopic (exact) mass is 240 g/mol. The Kier molecular flexibility index (Phi) is 2.40. The molecule has 4 nitrogen and oxygen atoms in total. The molecule has 1 N–H and O–H groups in total. The molecular formula is C11H14NO3S+. The second-order valence-electron chi connectivity index (χ2n) is 4.11. The first-order valence-electron chi connectivity index (χ1n) is 5.04. The van der Waals surface area contributed by atoms with E-state index in [1.807, 2.05) is 19.9 Å². The van der Waals surface area contributed by atoms with Crippen molar-refractivity contribution in [1.82, 2.24) is 0 Å². The number of aryl methyl sites for hydroxylation is 1. The number of hydrogen-bond acceptors (Lipinski definition) is 2. The van der Waals surface area contributed by atoms with Gasteiger partial charge in [0.05, 0.1) is 5.92 Å². The van der Waals surface area contributed by atoms with E-state index >= 15 is 0 Å². The van der Waals surface area contributed by atoms with Gasteiger partial charge in [-0.05, 0) is 19.4 Å². The molecule has 1 aromatic carbocycles. The summed E-state index contributed by atoms with van der Waals surface area (Å²) < 4.78 is 32.9. The normalized spacial score (nSPS) is 20.1. The summed E-state index contributed by atoms with van der Waals surface area (Å²) in [6, 6.07) is 5.44. The van der Waals surface area contributed by atoms with Gasteiger partial charge in [0, 0.05) is 18.6 Å². The van der Waals surface area contributed by atoms with Gasteiger partial charge in [0.15, 0.2) is 5.71 Å². The Labute approximate surface area is 95.1 Å². The van der Waals surface area contributed by atoms with Gasteiger partial charge in [-0.25, -0.2) is 4.55 Å². The highest BCUT2D eigenvalue weighted by Gasteiger charge is 2.41. The summed E-state index contributed by atoms with van der Waals surface area (Å²) in [6.45, 7) is 5.60. The quantitative estimate of drug-likeness (QED) is 0.603. The molecule has 1 aromatic rings. The van der Waals surface area contributed by atoms with Crippen LogP contribution in [0.1, 0.15) is 30.9 Å². The fourth-order valence-corrected chi connectivity index (χ4v) is 3.22. The predicted molar refractivity (Wildman–Crippen MR) is 61.7 cm³/mol. The highest BCUT2D eigenvalue weighted by atomic mass is 32.2. The van der Waals surface area contributed by atoms with Crippen molar-refractivity contribution in [2.24, 2.45) is 0 Å². The molecule has 0 aliphatic carbocycles. The van der Waals surface area contributed by atoms with Crippen molar-refractivity contribution in [2.75, 3.05) is 0 Å². The van der Waals surface area contributed by atoms with Gasteiger partial charge < -0.3 is 0 Å². The van der Waals surface area contributed by atoms with Gasteiger partial charge in [-0.3, -0.25) is 0 Å². The van der Waals surface area contributed by atoms with Crippen LogP contribution in [0.15, 0.2) is 18.2 Å². The molecule has 1 aliphatic heterocycles. The van der Waals surface area contributed by atoms with E-state index in [0.717, 1.165) is 15.1 Å². The molecular weight excluding hydrogens is 226 g/mol. The number of hydrogen-bond donors (Lipinski definition) is 1. The van der Waals surface area contributed by atoms with E-state index in [-0.39, 0.29) is 5.92 Å². The van der Waals surface area contributed by atoms with E-state index in [1.54, 1.807) is 19.1 Å². The van der Waals surface area contributed by atoms with Crippen LogP contribution >= 0.6 is 0 Å². The minimum atomic E-state index is -4.22. The van der Waals surface area contributed by atoms with E-state index in [0.29, 0.717) is 11.4 Å². The van der Waals surface area contributed by atoms with Gasteiger partial charge in [-0.1, -0.05) is 16.1 Å². The van der Waals surface area contributed by atoms with Gasteiger partial charge in [-0.2, -0.15) is 0 Å². The van der Waals surface area contributed by atoms with Crippen LogP contribution in [0, 0.1) is 6.92 Å². The van der Waals surface area contributed by atoms with E-state index in [9.17, 15) is 13.0 Å². The third-order valence-corrected chi connectivity index (χ3v) is 4.08. The lowest BCUT2D eigenvalue weighted by atomic mass is 9.95. The van der Waals surface area contributed by atoms with Crippen LogP contribution in [0.4, 0.5) is 5.69 Å². The first kappa shape index (κ1) is 11.3. The Morgan fingerprint density at radius 1 is 1.31 bits per heavy atom. The molecule has 1 aliphatic rings. The van der Waals surface area contributed by atoms with Crippen molar-refractivity contribution >= 4 is 21.7 Å². The Hall–Kier alpha value is -1.20. The maximum atomic E-state index is 11.3. The minimum Gasteiger partial charge on any atom is -0.233 e. The largest absolute Gasteiger partial charge is 0.511 e. The van der Waals surface area contributed by atoms with Crippen LogP contribution < -0.4 is 0 Å². The summed E-state index contributed by atoms with van der Waals surface area (Å²) in [5.74, 6) is 0.0122. The average Bonchev–Trinajstić information content (AvgIpc) is 2.39. The zero-order chi connectivity index (χ0) is 12.1. The minimum absolute atomic E-state index is 0.0122. The van der Waals surface area contributed by atoms with Crippen LogP contribution in [-0.2, 0) is 10.3 Å². The smallest absolute Gasteiger partial charge is 0.233 e. The summed E-state index contributed by atoms with van der Waals surface area (Å²) in [5, 5.41) is 0. The molecule has 0 radical (unpaired) electrons. The Bertz CT molecular complexity index is 587. The fraction of sp³-hybridized carbons (Fsp3) is 0.364. The SMILES string of the molecule is CC1=[N+](S(=O)(=O)O)c2cccc(C)c2C1C. The molecule has 0 saturated heterocycles. The number of benzene rings is 1. The zero-order valence-corrected chi connectivity index (χ0v) is 10.2. The number of fused-ring (bicyclic) bond motifs is 1. The topological polar surface area (TPSA) is 57.4 Å². The molecule has 0 aromatic heterocycles. The summed E-state index contributed by atoms with van der Waals surface area (Å²) in [4.78, 5) is 0. The molecule has 1 heterocycles. The summed E-state index contributed by atoms with van der Waals surface area (Å²) >= 11 is 0. The highest BCUT2D eigenvalue weighted by Crippen LogP contribution is 2.37. The first-order valence-corrected chi connectivity index (χ1v) is 6.44. The zero-order valence-electron chi connectivity index (χ0n) is 9.43. The number of rotatable bonds is 1. The van der Waals surface area contributed by atoms with Gasteiger partial charge in [0.1, 0.15) is 0 Å². The van der Waals surface area contributed by atoms with Crippen molar-refractivity contribution in [1.29, 1.82) is 0 Å². The third kappa shape index (κ3) is 1.47. The molecule has 86 valence electrons. The van der Waals surface area contributed by atoms with Gasteiger partial charge >= 0.3 is 10.3 Å². The van der Waals surface area contributed by atoms with Crippen LogP contribution in [0.25, 0.3) is 0 Å². The fourth-order valence-electron chi connectivity index (χ4n) is 2.29. The van der Waals surface area contributed by atoms with Crippen molar-refractivity contribution in [3.63, 3.8) is 0 Å². The molecule has 2 rings (SSSR count). The molecule has 0 bridgehead atoms. The van der Waals surface area contributed by atoms with Crippen molar-refractivity contribution in [3.05, 3.63) is 29.3 Å². The second kappa shape index (κ2) is 3.40. The van der Waals surface area contributed by atoms with Crippen molar-refractivity contribution in [3.8, 4) is 0 Å². The summed E-state index contributed by atoms with van der Waals surface area (Å²) in [7, 11) is -4.22. The van der Waals surface area contributed by atoms with Gasteiger partial charge in [-0.15, -0.1) is 8.42 Å². The summed E-state index contributed by atoms with van der Waals surface area (Å²) in [5.41, 5.74) is 3.20. The van der Waals surface area contributed by atoms with Crippen molar-refractivity contribution < 1.29 is 17.0 Å². The van der Waals surface area contributed by atoms with Crippen LogP contribution in [-0.4, -0.2) is 22.7 Å². The molecule has 1 atom stereocenters. The molecule has 16 heavy (non-hydrogen) atoms. The molecule has 5 heteroatoms. The Morgan fingerprint density at radius 3 is 2.50 bits per heavy atom. The van der Waals surface area contributed by atoms with Gasteiger partial charge in [0.2, 0.25) is 5.69 Å². The van der Waals surface area contributed by atoms with Crippen LogP contribution in [0.3, 0.4) is 0 Å². The maximum Gasteiger partial charge on any atom is 0.511 e. The van der Waals surface area contributed by atoms with Crippen LogP contribution in [0.2, 0.25) is 0 Å². The lowest BCUT2D eigenvalue weighted by molar-refractivity contribution is -0.270. The lowest BCUT2D eigenvalue weighted by Gasteiger charge is -2.02. The molecule has 1 unspecified atom stereocenters. The van der Waals surface area contributed by atoms with Crippen LogP contribution in [0.5, 0.6) is 0 Å². The predicted octanol–water partition coefficient (Wildman–Crippen LogP) is 2.02. The van der Waals surface area contributed by atoms with E-state index < -0.39 is 10.3 Å².